The van der Waals surface area contributed by atoms with E-state index < -0.39 is 47.7 Å². The Kier molecular flexibility index (Phi) is 7.85. The minimum atomic E-state index is -0.934. The molecule has 2 rings (SSSR count). The highest BCUT2D eigenvalue weighted by atomic mass is 32.2. The predicted molar refractivity (Wildman–Crippen MR) is 101 cm³/mol. The van der Waals surface area contributed by atoms with Crippen LogP contribution in [0.3, 0.4) is 0 Å². The number of ether oxygens (including phenoxy) is 4. The molecule has 8 nitrogen and oxygen atoms in total. The molecule has 0 saturated carbocycles. The normalized spacial score (nSPS) is 27.0. The first-order valence-corrected chi connectivity index (χ1v) is 9.67. The first-order chi connectivity index (χ1) is 13.2. The van der Waals surface area contributed by atoms with Crippen LogP contribution in [0.1, 0.15) is 26.3 Å². The SMILES string of the molecule is CC(=O)OCC1OC(Sc2ccc(C)cc2)C(OC(C)=O)C(N)C1OC(C)=O. The van der Waals surface area contributed by atoms with Gasteiger partial charge in [0, 0.05) is 25.7 Å². The van der Waals surface area contributed by atoms with E-state index in [-0.39, 0.29) is 6.61 Å². The largest absolute Gasteiger partial charge is 0.463 e. The van der Waals surface area contributed by atoms with Crippen molar-refractivity contribution in [1.82, 2.24) is 0 Å². The van der Waals surface area contributed by atoms with Gasteiger partial charge >= 0.3 is 17.9 Å². The third kappa shape index (κ3) is 6.22. The number of hydrogen-bond donors (Lipinski definition) is 1. The summed E-state index contributed by atoms with van der Waals surface area (Å²) < 4.78 is 21.7. The second-order valence-electron chi connectivity index (χ2n) is 6.50. The zero-order valence-electron chi connectivity index (χ0n) is 16.2. The summed E-state index contributed by atoms with van der Waals surface area (Å²) in [6.07, 6.45) is -2.59. The van der Waals surface area contributed by atoms with Gasteiger partial charge in [0.2, 0.25) is 0 Å². The summed E-state index contributed by atoms with van der Waals surface area (Å²) in [5, 5.41) is 0. The maximum atomic E-state index is 11.6. The van der Waals surface area contributed by atoms with Gasteiger partial charge in [-0.25, -0.2) is 0 Å². The maximum Gasteiger partial charge on any atom is 0.303 e. The summed E-state index contributed by atoms with van der Waals surface area (Å²) in [7, 11) is 0. The molecule has 2 N–H and O–H groups in total. The molecular weight excluding hydrogens is 386 g/mol. The van der Waals surface area contributed by atoms with Crippen molar-refractivity contribution < 1.29 is 33.3 Å². The van der Waals surface area contributed by atoms with Gasteiger partial charge in [0.1, 0.15) is 24.3 Å². The minimum absolute atomic E-state index is 0.140. The second kappa shape index (κ2) is 9.90. The number of nitrogens with two attached hydrogens (primary N) is 1. The average molecular weight is 411 g/mol. The Morgan fingerprint density at radius 1 is 1.00 bits per heavy atom. The third-order valence-electron chi connectivity index (χ3n) is 4.03. The molecule has 1 fully saturated rings. The van der Waals surface area contributed by atoms with E-state index in [4.69, 9.17) is 24.7 Å². The highest BCUT2D eigenvalue weighted by Crippen LogP contribution is 2.35. The van der Waals surface area contributed by atoms with E-state index in [1.54, 1.807) is 0 Å². The second-order valence-corrected chi connectivity index (χ2v) is 7.67. The highest BCUT2D eigenvalue weighted by molar-refractivity contribution is 7.99. The van der Waals surface area contributed by atoms with E-state index in [0.717, 1.165) is 10.5 Å². The lowest BCUT2D eigenvalue weighted by Crippen LogP contribution is -2.63. The molecule has 28 heavy (non-hydrogen) atoms. The van der Waals surface area contributed by atoms with Crippen LogP contribution in [0.5, 0.6) is 0 Å². The number of thioether (sulfide) groups is 1. The first kappa shape index (κ1) is 22.2. The Hall–Kier alpha value is -2.10. The Bertz CT molecular complexity index is 707. The predicted octanol–water partition coefficient (Wildman–Crippen LogP) is 1.57. The van der Waals surface area contributed by atoms with E-state index in [0.29, 0.717) is 0 Å². The summed E-state index contributed by atoms with van der Waals surface area (Å²) in [5.41, 5.74) is 6.73. The number of carbonyl (C=O) groups is 3. The molecule has 0 radical (unpaired) electrons. The molecule has 1 aliphatic heterocycles. The van der Waals surface area contributed by atoms with Crippen LogP contribution in [0, 0.1) is 6.92 Å². The van der Waals surface area contributed by atoms with Crippen LogP contribution < -0.4 is 5.73 Å². The van der Waals surface area contributed by atoms with Gasteiger partial charge in [-0.1, -0.05) is 29.5 Å². The van der Waals surface area contributed by atoms with Crippen molar-refractivity contribution in [2.24, 2.45) is 5.73 Å². The molecule has 1 saturated heterocycles. The van der Waals surface area contributed by atoms with Crippen molar-refractivity contribution in [1.29, 1.82) is 0 Å². The lowest BCUT2D eigenvalue weighted by atomic mass is 9.97. The topological polar surface area (TPSA) is 114 Å². The molecule has 0 aliphatic carbocycles. The molecule has 9 heteroatoms. The molecule has 5 unspecified atom stereocenters. The first-order valence-electron chi connectivity index (χ1n) is 8.79. The van der Waals surface area contributed by atoms with Crippen LogP contribution in [0.4, 0.5) is 0 Å². The van der Waals surface area contributed by atoms with Crippen molar-refractivity contribution in [2.75, 3.05) is 6.61 Å². The number of esters is 3. The van der Waals surface area contributed by atoms with E-state index in [2.05, 4.69) is 0 Å². The fraction of sp³-hybridized carbons (Fsp3) is 0.526. The van der Waals surface area contributed by atoms with E-state index in [1.165, 1.54) is 32.5 Å². The molecule has 1 aromatic carbocycles. The van der Waals surface area contributed by atoms with Gasteiger partial charge in [-0.05, 0) is 19.1 Å². The minimum Gasteiger partial charge on any atom is -0.463 e. The van der Waals surface area contributed by atoms with Crippen molar-refractivity contribution in [3.63, 3.8) is 0 Å². The summed E-state index contributed by atoms with van der Waals surface area (Å²) in [5.74, 6) is -1.59. The van der Waals surface area contributed by atoms with Crippen molar-refractivity contribution in [2.45, 2.75) is 62.4 Å². The summed E-state index contributed by atoms with van der Waals surface area (Å²) in [6.45, 7) is 5.61. The Morgan fingerprint density at radius 3 is 2.11 bits per heavy atom. The van der Waals surface area contributed by atoms with E-state index in [1.807, 2.05) is 31.2 Å². The Labute approximate surface area is 168 Å². The number of rotatable bonds is 6. The van der Waals surface area contributed by atoms with Gasteiger partial charge in [-0.2, -0.15) is 0 Å². The molecule has 0 spiro atoms. The highest BCUT2D eigenvalue weighted by Gasteiger charge is 2.48. The molecule has 1 aliphatic rings. The lowest BCUT2D eigenvalue weighted by Gasteiger charge is -2.43. The molecule has 1 aromatic rings. The summed E-state index contributed by atoms with van der Waals surface area (Å²) in [6, 6.07) is 6.87. The summed E-state index contributed by atoms with van der Waals surface area (Å²) >= 11 is 1.33. The van der Waals surface area contributed by atoms with Crippen molar-refractivity contribution in [3.05, 3.63) is 29.8 Å². The molecule has 154 valence electrons. The van der Waals surface area contributed by atoms with Crippen LogP contribution in [0.2, 0.25) is 0 Å². The van der Waals surface area contributed by atoms with Crippen LogP contribution in [0.15, 0.2) is 29.2 Å². The Morgan fingerprint density at radius 2 is 1.57 bits per heavy atom. The van der Waals surface area contributed by atoms with Gasteiger partial charge in [-0.3, -0.25) is 14.4 Å². The van der Waals surface area contributed by atoms with Gasteiger partial charge in [0.05, 0.1) is 6.04 Å². The third-order valence-corrected chi connectivity index (χ3v) is 5.19. The monoisotopic (exact) mass is 411 g/mol. The average Bonchev–Trinajstić information content (AvgIpc) is 2.60. The van der Waals surface area contributed by atoms with Gasteiger partial charge in [0.15, 0.2) is 6.10 Å². The number of benzene rings is 1. The lowest BCUT2D eigenvalue weighted by molar-refractivity contribution is -0.201. The zero-order chi connectivity index (χ0) is 20.8. The fourth-order valence-corrected chi connectivity index (χ4v) is 3.93. The molecule has 1 heterocycles. The fourth-order valence-electron chi connectivity index (χ4n) is 2.79. The van der Waals surface area contributed by atoms with Gasteiger partial charge in [0.25, 0.3) is 0 Å². The zero-order valence-corrected chi connectivity index (χ0v) is 17.1. The number of hydrogen-bond acceptors (Lipinski definition) is 9. The van der Waals surface area contributed by atoms with E-state index >= 15 is 0 Å². The van der Waals surface area contributed by atoms with Crippen LogP contribution in [-0.4, -0.2) is 54.3 Å². The molecular formula is C19H25NO7S. The smallest absolute Gasteiger partial charge is 0.303 e. The molecule has 0 bridgehead atoms. The summed E-state index contributed by atoms with van der Waals surface area (Å²) in [4.78, 5) is 35.2. The number of aryl methyl sites for hydroxylation is 1. The van der Waals surface area contributed by atoms with E-state index in [9.17, 15) is 14.4 Å². The van der Waals surface area contributed by atoms with Crippen molar-refractivity contribution in [3.8, 4) is 0 Å². The quantitative estimate of drug-likeness (QED) is 0.550. The van der Waals surface area contributed by atoms with Crippen LogP contribution in [-0.2, 0) is 33.3 Å². The maximum absolute atomic E-state index is 11.6. The number of carbonyl (C=O) groups excluding carboxylic acids is 3. The Balaban J connectivity index is 2.28. The molecule has 0 amide bonds. The van der Waals surface area contributed by atoms with Crippen LogP contribution >= 0.6 is 11.8 Å². The molecule has 5 atom stereocenters. The van der Waals surface area contributed by atoms with Gasteiger partial charge < -0.3 is 24.7 Å². The standard InChI is InChI=1S/C19H25NO7S/c1-10-5-7-14(8-6-10)28-19-18(26-13(4)23)16(20)17(25-12(3)22)15(27-19)9-24-11(2)21/h5-8,15-19H,9,20H2,1-4H3. The van der Waals surface area contributed by atoms with Crippen LogP contribution in [0.25, 0.3) is 0 Å². The van der Waals surface area contributed by atoms with Crippen molar-refractivity contribution >= 4 is 29.7 Å². The van der Waals surface area contributed by atoms with Gasteiger partial charge in [-0.15, -0.1) is 0 Å². The molecule has 0 aromatic heterocycles.